The van der Waals surface area contributed by atoms with Gasteiger partial charge in [0.1, 0.15) is 11.7 Å². The molecule has 3 N–H and O–H groups in total. The van der Waals surface area contributed by atoms with E-state index in [1.807, 2.05) is 18.2 Å². The molecule has 1 fully saturated rings. The van der Waals surface area contributed by atoms with Crippen molar-refractivity contribution < 1.29 is 19.5 Å². The molecule has 1 heterocycles. The summed E-state index contributed by atoms with van der Waals surface area (Å²) < 4.78 is 0. The number of hydrogen-bond donors (Lipinski definition) is 3. The molecule has 1 unspecified atom stereocenters. The monoisotopic (exact) mass is 260 g/mol. The Labute approximate surface area is 109 Å². The van der Waals surface area contributed by atoms with E-state index in [2.05, 4.69) is 10.6 Å². The minimum Gasteiger partial charge on any atom is -0.481 e. The molecule has 0 aliphatic carbocycles. The lowest BCUT2D eigenvalue weighted by Crippen LogP contribution is -2.55. The summed E-state index contributed by atoms with van der Waals surface area (Å²) in [7, 11) is 0. The maximum Gasteiger partial charge on any atom is 0.305 e. The van der Waals surface area contributed by atoms with Gasteiger partial charge < -0.3 is 15.7 Å². The van der Waals surface area contributed by atoms with Crippen LogP contribution in [0.1, 0.15) is 12.0 Å². The Bertz CT molecular complexity index is 551. The first kappa shape index (κ1) is 12.8. The largest absolute Gasteiger partial charge is 0.481 e. The normalized spacial score (nSPS) is 20.8. The maximum atomic E-state index is 11.7. The minimum absolute atomic E-state index is 0.109. The van der Waals surface area contributed by atoms with Gasteiger partial charge in [-0.25, -0.2) is 0 Å². The van der Waals surface area contributed by atoms with Crippen molar-refractivity contribution in [3.05, 3.63) is 41.6 Å². The number of carboxylic acids is 1. The van der Waals surface area contributed by atoms with Crippen LogP contribution >= 0.6 is 0 Å². The second kappa shape index (κ2) is 5.34. The zero-order valence-electron chi connectivity index (χ0n) is 9.92. The topological polar surface area (TPSA) is 95.5 Å². The standard InChI is InChI=1S/C13H12N2O4/c16-11(17)7-10-13(19)14-9(12(18)15-10)6-8-4-2-1-3-5-8/h1-6,10H,7H2,(H,14,19)(H,15,18)(H,16,17)/b9-6-. The number of benzene rings is 1. The number of nitrogens with one attached hydrogen (secondary N) is 2. The first-order valence-corrected chi connectivity index (χ1v) is 5.66. The Morgan fingerprint density at radius 1 is 1.26 bits per heavy atom. The van der Waals surface area contributed by atoms with Crippen molar-refractivity contribution in [1.82, 2.24) is 10.6 Å². The van der Waals surface area contributed by atoms with E-state index in [4.69, 9.17) is 5.11 Å². The van der Waals surface area contributed by atoms with Crippen LogP contribution in [0.15, 0.2) is 36.0 Å². The van der Waals surface area contributed by atoms with Gasteiger partial charge in [-0.3, -0.25) is 14.4 Å². The highest BCUT2D eigenvalue weighted by Gasteiger charge is 2.31. The molecule has 6 nitrogen and oxygen atoms in total. The Kier molecular flexibility index (Phi) is 3.61. The molecule has 98 valence electrons. The van der Waals surface area contributed by atoms with E-state index in [9.17, 15) is 14.4 Å². The van der Waals surface area contributed by atoms with E-state index in [0.717, 1.165) is 5.56 Å². The molecule has 2 rings (SSSR count). The van der Waals surface area contributed by atoms with Crippen molar-refractivity contribution in [2.24, 2.45) is 0 Å². The third-order valence-electron chi connectivity index (χ3n) is 2.61. The molecule has 6 heteroatoms. The zero-order chi connectivity index (χ0) is 13.8. The van der Waals surface area contributed by atoms with Crippen LogP contribution in [-0.4, -0.2) is 28.9 Å². The fraction of sp³-hybridized carbons (Fsp3) is 0.154. The predicted octanol–water partition coefficient (Wildman–Crippen LogP) is 0.117. The average molecular weight is 260 g/mol. The van der Waals surface area contributed by atoms with E-state index < -0.39 is 30.2 Å². The van der Waals surface area contributed by atoms with Crippen molar-refractivity contribution >= 4 is 23.9 Å². The average Bonchev–Trinajstić information content (AvgIpc) is 2.36. The molecule has 1 aliphatic rings. The number of amides is 2. The predicted molar refractivity (Wildman–Crippen MR) is 66.7 cm³/mol. The van der Waals surface area contributed by atoms with Gasteiger partial charge in [0.05, 0.1) is 6.42 Å². The van der Waals surface area contributed by atoms with Crippen LogP contribution in [0.25, 0.3) is 6.08 Å². The third kappa shape index (κ3) is 3.19. The van der Waals surface area contributed by atoms with Crippen molar-refractivity contribution in [2.45, 2.75) is 12.5 Å². The van der Waals surface area contributed by atoms with E-state index in [1.165, 1.54) is 6.08 Å². The summed E-state index contributed by atoms with van der Waals surface area (Å²) in [6.45, 7) is 0. The van der Waals surface area contributed by atoms with Crippen molar-refractivity contribution in [2.75, 3.05) is 0 Å². The van der Waals surface area contributed by atoms with Crippen LogP contribution in [0.2, 0.25) is 0 Å². The summed E-state index contributed by atoms with van der Waals surface area (Å²) in [5.74, 6) is -2.16. The molecule has 0 spiro atoms. The van der Waals surface area contributed by atoms with Gasteiger partial charge in [0, 0.05) is 0 Å². The summed E-state index contributed by atoms with van der Waals surface area (Å²) in [6, 6.07) is 8.00. The molecule has 1 atom stereocenters. The lowest BCUT2D eigenvalue weighted by Gasteiger charge is -2.23. The molecule has 0 aromatic heterocycles. The second-order valence-electron chi connectivity index (χ2n) is 4.08. The molecular formula is C13H12N2O4. The molecule has 0 bridgehead atoms. The summed E-state index contributed by atoms with van der Waals surface area (Å²) in [5, 5.41) is 13.4. The number of hydrogen-bond acceptors (Lipinski definition) is 3. The fourth-order valence-corrected chi connectivity index (χ4v) is 1.71. The van der Waals surface area contributed by atoms with Crippen LogP contribution < -0.4 is 10.6 Å². The summed E-state index contributed by atoms with van der Waals surface area (Å²) in [4.78, 5) is 33.9. The number of carbonyl (C=O) groups is 3. The number of aliphatic carboxylic acids is 1. The Hall–Kier alpha value is -2.63. The smallest absolute Gasteiger partial charge is 0.305 e. The first-order valence-electron chi connectivity index (χ1n) is 5.66. The van der Waals surface area contributed by atoms with E-state index in [1.54, 1.807) is 12.1 Å². The van der Waals surface area contributed by atoms with Crippen LogP contribution in [0.3, 0.4) is 0 Å². The van der Waals surface area contributed by atoms with Gasteiger partial charge in [-0.05, 0) is 11.6 Å². The van der Waals surface area contributed by atoms with Gasteiger partial charge in [0.15, 0.2) is 0 Å². The maximum absolute atomic E-state index is 11.7. The van der Waals surface area contributed by atoms with Crippen LogP contribution in [0.4, 0.5) is 0 Å². The molecular weight excluding hydrogens is 248 g/mol. The molecule has 2 amide bonds. The van der Waals surface area contributed by atoms with Gasteiger partial charge in [-0.1, -0.05) is 30.3 Å². The van der Waals surface area contributed by atoms with Crippen LogP contribution in [-0.2, 0) is 14.4 Å². The van der Waals surface area contributed by atoms with Gasteiger partial charge >= 0.3 is 5.97 Å². The number of rotatable bonds is 3. The minimum atomic E-state index is -1.14. The van der Waals surface area contributed by atoms with Gasteiger partial charge in [-0.2, -0.15) is 0 Å². The molecule has 19 heavy (non-hydrogen) atoms. The summed E-state index contributed by atoms with van der Waals surface area (Å²) >= 11 is 0. The summed E-state index contributed by atoms with van der Waals surface area (Å²) in [5.41, 5.74) is 0.877. The Morgan fingerprint density at radius 2 is 1.95 bits per heavy atom. The summed E-state index contributed by atoms with van der Waals surface area (Å²) in [6.07, 6.45) is 1.10. The highest BCUT2D eigenvalue weighted by atomic mass is 16.4. The number of piperazine rings is 1. The van der Waals surface area contributed by atoms with E-state index in [-0.39, 0.29) is 5.70 Å². The lowest BCUT2D eigenvalue weighted by atomic mass is 10.1. The van der Waals surface area contributed by atoms with Crippen LogP contribution in [0, 0.1) is 0 Å². The van der Waals surface area contributed by atoms with Crippen LogP contribution in [0.5, 0.6) is 0 Å². The molecule has 1 aromatic carbocycles. The lowest BCUT2D eigenvalue weighted by molar-refractivity contribution is -0.141. The number of carboxylic acid groups (broad SMARTS) is 1. The highest BCUT2D eigenvalue weighted by molar-refractivity contribution is 6.08. The zero-order valence-corrected chi connectivity index (χ0v) is 9.92. The number of carbonyl (C=O) groups excluding carboxylic acids is 2. The Balaban J connectivity index is 2.15. The van der Waals surface area contributed by atoms with Gasteiger partial charge in [0.2, 0.25) is 5.91 Å². The highest BCUT2D eigenvalue weighted by Crippen LogP contribution is 2.09. The van der Waals surface area contributed by atoms with Crippen molar-refractivity contribution in [3.8, 4) is 0 Å². The van der Waals surface area contributed by atoms with Crippen molar-refractivity contribution in [1.29, 1.82) is 0 Å². The van der Waals surface area contributed by atoms with Gasteiger partial charge in [0.25, 0.3) is 5.91 Å². The van der Waals surface area contributed by atoms with E-state index >= 15 is 0 Å². The second-order valence-corrected chi connectivity index (χ2v) is 4.08. The van der Waals surface area contributed by atoms with Crippen molar-refractivity contribution in [3.63, 3.8) is 0 Å². The fourth-order valence-electron chi connectivity index (χ4n) is 1.71. The molecule has 1 saturated heterocycles. The molecule has 1 aromatic rings. The quantitative estimate of drug-likeness (QED) is 0.672. The SMILES string of the molecule is O=C(O)CC1NC(=O)/C(=C/c2ccccc2)NC1=O. The van der Waals surface area contributed by atoms with Gasteiger partial charge in [-0.15, -0.1) is 0 Å². The molecule has 0 saturated carbocycles. The molecule has 1 aliphatic heterocycles. The first-order chi connectivity index (χ1) is 9.06. The molecule has 0 radical (unpaired) electrons. The Morgan fingerprint density at radius 3 is 2.58 bits per heavy atom. The third-order valence-corrected chi connectivity index (χ3v) is 2.61. The van der Waals surface area contributed by atoms with E-state index in [0.29, 0.717) is 0 Å².